The highest BCUT2D eigenvalue weighted by Crippen LogP contribution is 2.57. The smallest absolute Gasteiger partial charge is 0.116 e. The summed E-state index contributed by atoms with van der Waals surface area (Å²) >= 11 is 0. The molecule has 118 valence electrons. The fraction of sp³-hybridized carbons (Fsp3) is 1.00. The number of rotatable bonds is 5. The van der Waals surface area contributed by atoms with Crippen molar-refractivity contribution in [2.24, 2.45) is 0 Å². The van der Waals surface area contributed by atoms with Crippen LogP contribution >= 0.6 is 21.6 Å². The van der Waals surface area contributed by atoms with E-state index in [1.54, 1.807) is 21.6 Å². The maximum Gasteiger partial charge on any atom is 0.116 e. The summed E-state index contributed by atoms with van der Waals surface area (Å²) in [5, 5.41) is 0. The van der Waals surface area contributed by atoms with Gasteiger partial charge in [0.2, 0.25) is 0 Å². The van der Waals surface area contributed by atoms with E-state index in [0.717, 1.165) is 51.4 Å². The van der Waals surface area contributed by atoms with Gasteiger partial charge in [0.25, 0.3) is 0 Å². The van der Waals surface area contributed by atoms with Crippen LogP contribution in [0.25, 0.3) is 0 Å². The number of alkyl halides is 2. The van der Waals surface area contributed by atoms with Crippen LogP contribution in [0.2, 0.25) is 0 Å². The van der Waals surface area contributed by atoms with Crippen LogP contribution in [0, 0.1) is 0 Å². The van der Waals surface area contributed by atoms with E-state index in [0.29, 0.717) is 12.8 Å². The van der Waals surface area contributed by atoms with E-state index in [4.69, 9.17) is 0 Å². The molecule has 20 heavy (non-hydrogen) atoms. The molecule has 0 nitrogen and oxygen atoms in total. The maximum atomic E-state index is 14.5. The Balaban J connectivity index is 2.04. The lowest BCUT2D eigenvalue weighted by molar-refractivity contribution is 0.187. The van der Waals surface area contributed by atoms with E-state index in [-0.39, 0.29) is 9.49 Å². The Labute approximate surface area is 130 Å². The topological polar surface area (TPSA) is 0 Å². The van der Waals surface area contributed by atoms with Crippen molar-refractivity contribution in [2.75, 3.05) is 0 Å². The number of hydrogen-bond donors (Lipinski definition) is 0. The van der Waals surface area contributed by atoms with Gasteiger partial charge in [0, 0.05) is 0 Å². The quantitative estimate of drug-likeness (QED) is 0.531. The first-order valence-electron chi connectivity index (χ1n) is 8.23. The first-order valence-corrected chi connectivity index (χ1v) is 10.4. The molecule has 0 amide bonds. The molecule has 2 fully saturated rings. The normalized spacial score (nSPS) is 42.6. The van der Waals surface area contributed by atoms with Crippen LogP contribution in [0.15, 0.2) is 0 Å². The van der Waals surface area contributed by atoms with Gasteiger partial charge in [0.1, 0.15) is 12.3 Å². The summed E-state index contributed by atoms with van der Waals surface area (Å²) in [6.45, 7) is 4.19. The van der Waals surface area contributed by atoms with Gasteiger partial charge in [0.05, 0.1) is 9.49 Å². The average molecular weight is 323 g/mol. The molecule has 0 spiro atoms. The highest BCUT2D eigenvalue weighted by molar-refractivity contribution is 8.77. The second-order valence-electron chi connectivity index (χ2n) is 6.43. The fourth-order valence-electron chi connectivity index (χ4n) is 3.60. The molecule has 0 N–H and O–H groups in total. The van der Waals surface area contributed by atoms with E-state index >= 15 is 0 Å². The molecule has 2 aliphatic carbocycles. The minimum absolute atomic E-state index is 0.262. The molecule has 0 aromatic rings. The largest absolute Gasteiger partial charge is 0.246 e. The molecule has 0 saturated heterocycles. The zero-order chi connectivity index (χ0) is 14.6. The molecule has 0 aliphatic heterocycles. The summed E-state index contributed by atoms with van der Waals surface area (Å²) in [4.78, 5) is 0. The van der Waals surface area contributed by atoms with E-state index in [1.807, 2.05) is 0 Å². The van der Waals surface area contributed by atoms with Gasteiger partial charge in [-0.05, 0) is 38.5 Å². The van der Waals surface area contributed by atoms with Crippen molar-refractivity contribution < 1.29 is 8.78 Å². The van der Waals surface area contributed by atoms with Gasteiger partial charge in [-0.1, -0.05) is 61.1 Å². The minimum atomic E-state index is -0.714. The predicted molar refractivity (Wildman–Crippen MR) is 88.0 cm³/mol. The summed E-state index contributed by atoms with van der Waals surface area (Å²) in [6, 6.07) is 0. The van der Waals surface area contributed by atoms with Crippen molar-refractivity contribution in [1.82, 2.24) is 0 Å². The van der Waals surface area contributed by atoms with Gasteiger partial charge in [-0.2, -0.15) is 0 Å². The molecule has 0 heterocycles. The van der Waals surface area contributed by atoms with Gasteiger partial charge >= 0.3 is 0 Å². The Morgan fingerprint density at radius 2 is 1.20 bits per heavy atom. The molecule has 2 rings (SSSR count). The Kier molecular flexibility index (Phi) is 6.10. The Morgan fingerprint density at radius 3 is 1.50 bits per heavy atom. The molecule has 0 aromatic heterocycles. The SMILES string of the molecule is CCC1(SSC2(CC)CCCCC2F)CCCCC1F. The lowest BCUT2D eigenvalue weighted by Crippen LogP contribution is -2.41. The summed E-state index contributed by atoms with van der Waals surface area (Å²) in [7, 11) is 3.38. The second kappa shape index (κ2) is 7.21. The maximum absolute atomic E-state index is 14.5. The molecule has 0 radical (unpaired) electrons. The van der Waals surface area contributed by atoms with E-state index in [1.165, 1.54) is 0 Å². The number of hydrogen-bond acceptors (Lipinski definition) is 2. The van der Waals surface area contributed by atoms with Gasteiger partial charge in [-0.3, -0.25) is 0 Å². The summed E-state index contributed by atoms with van der Waals surface area (Å²) < 4.78 is 28.4. The van der Waals surface area contributed by atoms with Crippen LogP contribution < -0.4 is 0 Å². The van der Waals surface area contributed by atoms with Crippen LogP contribution in [-0.2, 0) is 0 Å². The summed E-state index contributed by atoms with van der Waals surface area (Å²) in [5.74, 6) is 0. The summed E-state index contributed by atoms with van der Waals surface area (Å²) in [5.41, 5.74) is 0. The Bertz CT molecular complexity index is 283. The summed E-state index contributed by atoms with van der Waals surface area (Å²) in [6.07, 6.45) is 7.88. The molecule has 0 bridgehead atoms. The molecule has 4 atom stereocenters. The van der Waals surface area contributed by atoms with Crippen molar-refractivity contribution >= 4 is 21.6 Å². The highest BCUT2D eigenvalue weighted by atomic mass is 33.1. The van der Waals surface area contributed by atoms with Crippen LogP contribution in [0.5, 0.6) is 0 Å². The van der Waals surface area contributed by atoms with Crippen LogP contribution in [0.3, 0.4) is 0 Å². The van der Waals surface area contributed by atoms with Gasteiger partial charge in [0.15, 0.2) is 0 Å². The molecule has 4 unspecified atom stereocenters. The third kappa shape index (κ3) is 3.31. The lowest BCUT2D eigenvalue weighted by Gasteiger charge is -2.44. The van der Waals surface area contributed by atoms with Crippen LogP contribution in [0.4, 0.5) is 8.78 Å². The first kappa shape index (κ1) is 16.9. The third-order valence-electron chi connectivity index (χ3n) is 5.33. The van der Waals surface area contributed by atoms with Crippen molar-refractivity contribution in [3.8, 4) is 0 Å². The number of halogens is 2. The van der Waals surface area contributed by atoms with Gasteiger partial charge in [-0.15, -0.1) is 0 Å². The minimum Gasteiger partial charge on any atom is -0.246 e. The molecular formula is C16H28F2S2. The third-order valence-corrected chi connectivity index (χ3v) is 9.81. The van der Waals surface area contributed by atoms with Crippen molar-refractivity contribution in [3.63, 3.8) is 0 Å². The molecular weight excluding hydrogens is 294 g/mol. The van der Waals surface area contributed by atoms with Gasteiger partial charge in [-0.25, -0.2) is 8.78 Å². The van der Waals surface area contributed by atoms with Crippen molar-refractivity contribution in [1.29, 1.82) is 0 Å². The zero-order valence-electron chi connectivity index (χ0n) is 12.8. The fourth-order valence-corrected chi connectivity index (χ4v) is 7.90. The second-order valence-corrected chi connectivity index (χ2v) is 9.39. The molecule has 4 heteroatoms. The Hall–Kier alpha value is 0.560. The molecule has 2 aliphatic rings. The highest BCUT2D eigenvalue weighted by Gasteiger charge is 2.46. The Morgan fingerprint density at radius 1 is 0.800 bits per heavy atom. The molecule has 0 aromatic carbocycles. The van der Waals surface area contributed by atoms with E-state index in [2.05, 4.69) is 13.8 Å². The van der Waals surface area contributed by atoms with Gasteiger partial charge < -0.3 is 0 Å². The van der Waals surface area contributed by atoms with E-state index in [9.17, 15) is 8.78 Å². The molecule has 2 saturated carbocycles. The van der Waals surface area contributed by atoms with Crippen LogP contribution in [0.1, 0.15) is 78.1 Å². The van der Waals surface area contributed by atoms with Crippen molar-refractivity contribution in [3.05, 3.63) is 0 Å². The predicted octanol–water partition coefficient (Wildman–Crippen LogP) is 6.49. The van der Waals surface area contributed by atoms with Crippen molar-refractivity contribution in [2.45, 2.75) is 99.9 Å². The van der Waals surface area contributed by atoms with E-state index < -0.39 is 12.3 Å². The lowest BCUT2D eigenvalue weighted by atomic mass is 9.85. The zero-order valence-corrected chi connectivity index (χ0v) is 14.4. The first-order chi connectivity index (χ1) is 9.58. The monoisotopic (exact) mass is 322 g/mol. The standard InChI is InChI=1S/C16H28F2S2/c1-3-15(11-7-5-9-13(15)17)19-20-16(4-2)12-8-6-10-14(16)18/h13-14H,3-12H2,1-2H3. The average Bonchev–Trinajstić information content (AvgIpc) is 2.48. The van der Waals surface area contributed by atoms with Crippen LogP contribution in [-0.4, -0.2) is 21.8 Å².